The Morgan fingerprint density at radius 2 is 2.11 bits per heavy atom. The number of nitrogens with zero attached hydrogens (tertiary/aromatic N) is 1. The lowest BCUT2D eigenvalue weighted by atomic mass is 9.75. The van der Waals surface area contributed by atoms with Gasteiger partial charge in [-0.3, -0.25) is 0 Å². The van der Waals surface area contributed by atoms with Crippen LogP contribution >= 0.6 is 0 Å². The van der Waals surface area contributed by atoms with Crippen molar-refractivity contribution in [2.75, 3.05) is 0 Å². The van der Waals surface area contributed by atoms with Gasteiger partial charge >= 0.3 is 0 Å². The van der Waals surface area contributed by atoms with Crippen molar-refractivity contribution in [2.45, 2.75) is 65.5 Å². The molecule has 0 radical (unpaired) electrons. The van der Waals surface area contributed by atoms with E-state index in [9.17, 15) is 5.11 Å². The molecule has 0 spiro atoms. The molecule has 18 heavy (non-hydrogen) atoms. The van der Waals surface area contributed by atoms with E-state index in [1.807, 2.05) is 0 Å². The van der Waals surface area contributed by atoms with Gasteiger partial charge in [0.2, 0.25) is 0 Å². The lowest BCUT2D eigenvalue weighted by Gasteiger charge is -2.34. The second-order valence-electron chi connectivity index (χ2n) is 7.26. The number of fused-ring (bicyclic) bond motifs is 1. The van der Waals surface area contributed by atoms with Crippen molar-refractivity contribution in [1.82, 2.24) is 4.57 Å². The predicted molar refractivity (Wildman–Crippen MR) is 73.5 cm³/mol. The first-order valence-electron chi connectivity index (χ1n) is 7.31. The van der Waals surface area contributed by atoms with Gasteiger partial charge < -0.3 is 9.67 Å². The lowest BCUT2D eigenvalue weighted by molar-refractivity contribution is 0.0975. The Bertz CT molecular complexity index is 454. The van der Waals surface area contributed by atoms with Gasteiger partial charge in [0.05, 0.1) is 6.10 Å². The second-order valence-corrected chi connectivity index (χ2v) is 7.26. The van der Waals surface area contributed by atoms with E-state index in [1.165, 1.54) is 30.5 Å². The Morgan fingerprint density at radius 3 is 2.72 bits per heavy atom. The molecular formula is C16H25NO. The average molecular weight is 247 g/mol. The molecule has 1 aromatic heterocycles. The van der Waals surface area contributed by atoms with E-state index in [0.29, 0.717) is 5.41 Å². The van der Waals surface area contributed by atoms with Gasteiger partial charge in [0, 0.05) is 24.0 Å². The molecule has 2 nitrogen and oxygen atoms in total. The monoisotopic (exact) mass is 247 g/mol. The molecule has 2 aliphatic carbocycles. The van der Waals surface area contributed by atoms with Crippen LogP contribution in [0.25, 0.3) is 0 Å². The minimum absolute atomic E-state index is 0.228. The molecule has 1 unspecified atom stereocenters. The average Bonchev–Trinajstić information content (AvgIpc) is 2.95. The van der Waals surface area contributed by atoms with Crippen LogP contribution < -0.4 is 0 Å². The van der Waals surface area contributed by atoms with E-state index >= 15 is 0 Å². The maximum absolute atomic E-state index is 10.3. The maximum Gasteiger partial charge on any atom is 0.0812 e. The normalized spacial score (nSPS) is 27.9. The zero-order chi connectivity index (χ0) is 13.0. The molecule has 1 saturated carbocycles. The summed E-state index contributed by atoms with van der Waals surface area (Å²) in [4.78, 5) is 0. The summed E-state index contributed by atoms with van der Waals surface area (Å²) >= 11 is 0. The molecule has 0 aliphatic heterocycles. The number of aliphatic hydroxyl groups excluding tert-OH is 1. The Balaban J connectivity index is 1.90. The molecule has 0 amide bonds. The molecule has 1 aromatic rings. The van der Waals surface area contributed by atoms with Gasteiger partial charge in [0.15, 0.2) is 0 Å². The fraction of sp³-hybridized carbons (Fsp3) is 0.750. The van der Waals surface area contributed by atoms with Crippen LogP contribution in [-0.2, 0) is 13.0 Å². The van der Waals surface area contributed by atoms with Gasteiger partial charge in [-0.2, -0.15) is 0 Å². The molecule has 1 N–H and O–H groups in total. The second kappa shape index (κ2) is 3.86. The highest BCUT2D eigenvalue weighted by Gasteiger charge is 2.42. The Labute approximate surface area is 110 Å². The molecular weight excluding hydrogens is 222 g/mol. The lowest BCUT2D eigenvalue weighted by Crippen LogP contribution is -2.27. The summed E-state index contributed by atoms with van der Waals surface area (Å²) in [6.45, 7) is 8.00. The van der Waals surface area contributed by atoms with Crippen LogP contribution in [0.1, 0.15) is 63.8 Å². The van der Waals surface area contributed by atoms with Crippen molar-refractivity contribution >= 4 is 0 Å². The molecule has 0 aromatic carbocycles. The van der Waals surface area contributed by atoms with Crippen LogP contribution in [0.15, 0.2) is 12.3 Å². The highest BCUT2D eigenvalue weighted by atomic mass is 16.3. The number of rotatable bonds is 3. The summed E-state index contributed by atoms with van der Waals surface area (Å²) < 4.78 is 2.43. The third kappa shape index (κ3) is 2.01. The van der Waals surface area contributed by atoms with Crippen molar-refractivity contribution in [3.63, 3.8) is 0 Å². The van der Waals surface area contributed by atoms with Gasteiger partial charge in [-0.25, -0.2) is 0 Å². The van der Waals surface area contributed by atoms with Gasteiger partial charge in [0.1, 0.15) is 0 Å². The number of aromatic nitrogens is 1. The van der Waals surface area contributed by atoms with Gasteiger partial charge in [-0.1, -0.05) is 20.8 Å². The molecule has 2 heteroatoms. The van der Waals surface area contributed by atoms with Crippen molar-refractivity contribution in [3.05, 3.63) is 23.5 Å². The molecule has 1 atom stereocenters. The molecule has 3 rings (SSSR count). The van der Waals surface area contributed by atoms with E-state index in [1.54, 1.807) is 0 Å². The smallest absolute Gasteiger partial charge is 0.0812 e. The summed E-state index contributed by atoms with van der Waals surface area (Å²) in [5.74, 6) is 0. The van der Waals surface area contributed by atoms with E-state index in [-0.39, 0.29) is 11.5 Å². The Kier molecular flexibility index (Phi) is 2.64. The predicted octanol–water partition coefficient (Wildman–Crippen LogP) is 3.68. The third-order valence-corrected chi connectivity index (χ3v) is 5.08. The zero-order valence-electron chi connectivity index (χ0n) is 11.9. The fourth-order valence-corrected chi connectivity index (χ4v) is 3.50. The molecule has 1 fully saturated rings. The van der Waals surface area contributed by atoms with Crippen molar-refractivity contribution in [2.24, 2.45) is 10.8 Å². The van der Waals surface area contributed by atoms with Crippen molar-refractivity contribution in [3.8, 4) is 0 Å². The van der Waals surface area contributed by atoms with Crippen LogP contribution in [0.4, 0.5) is 0 Å². The minimum atomic E-state index is -0.262. The summed E-state index contributed by atoms with van der Waals surface area (Å²) in [5, 5.41) is 10.3. The molecule has 0 saturated heterocycles. The minimum Gasteiger partial charge on any atom is -0.388 e. The fourth-order valence-electron chi connectivity index (χ4n) is 3.50. The topological polar surface area (TPSA) is 25.2 Å². The summed E-state index contributed by atoms with van der Waals surface area (Å²) in [5.41, 5.74) is 3.37. The summed E-state index contributed by atoms with van der Waals surface area (Å²) in [7, 11) is 0. The molecule has 1 heterocycles. The number of hydrogen-bond acceptors (Lipinski definition) is 1. The summed E-state index contributed by atoms with van der Waals surface area (Å²) in [6.07, 6.45) is 7.97. The first-order chi connectivity index (χ1) is 8.45. The standard InChI is InChI=1S/C16H25NO/c1-4-16(6-7-16)11-17-8-5-12-13(17)9-15(2,3)10-14(12)18/h5,8,14,18H,4,6-7,9-11H2,1-3H3. The van der Waals surface area contributed by atoms with Crippen molar-refractivity contribution < 1.29 is 5.11 Å². The van der Waals surface area contributed by atoms with Crippen molar-refractivity contribution in [1.29, 1.82) is 0 Å². The quantitative estimate of drug-likeness (QED) is 0.866. The SMILES string of the molecule is CCC1(Cn2ccc3c2CC(C)(C)CC3O)CC1. The number of aliphatic hydroxyl groups is 1. The van der Waals surface area contributed by atoms with Gasteiger partial charge in [-0.05, 0) is 49.0 Å². The molecule has 100 valence electrons. The van der Waals surface area contributed by atoms with E-state index < -0.39 is 0 Å². The Morgan fingerprint density at radius 1 is 1.39 bits per heavy atom. The maximum atomic E-state index is 10.3. The van der Waals surface area contributed by atoms with Gasteiger partial charge in [-0.15, -0.1) is 0 Å². The zero-order valence-corrected chi connectivity index (χ0v) is 11.9. The van der Waals surface area contributed by atoms with E-state index in [0.717, 1.165) is 19.4 Å². The first kappa shape index (κ1) is 12.3. The van der Waals surface area contributed by atoms with Crippen LogP contribution in [0.2, 0.25) is 0 Å². The third-order valence-electron chi connectivity index (χ3n) is 5.08. The Hall–Kier alpha value is -0.760. The van der Waals surface area contributed by atoms with Crippen LogP contribution in [0, 0.1) is 10.8 Å². The largest absolute Gasteiger partial charge is 0.388 e. The van der Waals surface area contributed by atoms with E-state index in [4.69, 9.17) is 0 Å². The van der Waals surface area contributed by atoms with E-state index in [2.05, 4.69) is 37.6 Å². The summed E-state index contributed by atoms with van der Waals surface area (Å²) in [6, 6.07) is 2.14. The van der Waals surface area contributed by atoms with Crippen LogP contribution in [-0.4, -0.2) is 9.67 Å². The molecule has 0 bridgehead atoms. The van der Waals surface area contributed by atoms with Gasteiger partial charge in [0.25, 0.3) is 0 Å². The highest BCUT2D eigenvalue weighted by molar-refractivity contribution is 5.29. The molecule has 2 aliphatic rings. The highest BCUT2D eigenvalue weighted by Crippen LogP contribution is 2.51. The number of hydrogen-bond donors (Lipinski definition) is 1. The van der Waals surface area contributed by atoms with Crippen LogP contribution in [0.3, 0.4) is 0 Å². The van der Waals surface area contributed by atoms with Crippen LogP contribution in [0.5, 0.6) is 0 Å². The first-order valence-corrected chi connectivity index (χ1v) is 7.31.